The normalized spacial score (nSPS) is 16.2. The number of nitrogens with zero attached hydrogens (tertiary/aromatic N) is 4. The number of likely N-dealkylation sites (tertiary alicyclic amines) is 1. The second kappa shape index (κ2) is 12.7. The second-order valence-corrected chi connectivity index (χ2v) is 11.1. The van der Waals surface area contributed by atoms with Crippen molar-refractivity contribution < 1.29 is 19.4 Å². The van der Waals surface area contributed by atoms with Crippen molar-refractivity contribution in [2.24, 2.45) is 0 Å². The molecule has 0 bridgehead atoms. The zero-order chi connectivity index (χ0) is 29.8. The Balaban J connectivity index is 1.10. The third kappa shape index (κ3) is 6.10. The minimum absolute atomic E-state index is 0.0231. The molecule has 2 saturated heterocycles. The molecule has 43 heavy (non-hydrogen) atoms. The van der Waals surface area contributed by atoms with Crippen molar-refractivity contribution in [3.8, 4) is 34.0 Å². The standard InChI is InChI=1S/C35H36N4O4/c1-43-32-14-8-13-29(33(32)40)35(42)38-17-15-28(16-18-38)37-19-21-39(22-20-37)34(41)27-23-30(25-9-4-2-5-10-25)36-31(24-27)26-11-6-3-7-12-26/h2-14,23-24,28,40H,15-22H2,1H3. The minimum Gasteiger partial charge on any atom is -0.504 e. The number of piperidine rings is 1. The lowest BCUT2D eigenvalue weighted by Gasteiger charge is -2.42. The van der Waals surface area contributed by atoms with Gasteiger partial charge in [-0.1, -0.05) is 66.7 Å². The molecule has 0 aliphatic carbocycles. The van der Waals surface area contributed by atoms with Crippen LogP contribution in [0.25, 0.3) is 22.5 Å². The van der Waals surface area contributed by atoms with Crippen LogP contribution >= 0.6 is 0 Å². The first kappa shape index (κ1) is 28.4. The summed E-state index contributed by atoms with van der Waals surface area (Å²) in [5.74, 6) is 0.0358. The van der Waals surface area contributed by atoms with Crippen LogP contribution in [0.1, 0.15) is 33.6 Å². The summed E-state index contributed by atoms with van der Waals surface area (Å²) in [6.45, 7) is 4.15. The first-order chi connectivity index (χ1) is 21.0. The number of rotatable bonds is 6. The van der Waals surface area contributed by atoms with Gasteiger partial charge in [-0.15, -0.1) is 0 Å². The highest BCUT2D eigenvalue weighted by Gasteiger charge is 2.32. The summed E-state index contributed by atoms with van der Waals surface area (Å²) < 4.78 is 5.17. The molecule has 2 amide bonds. The lowest BCUT2D eigenvalue weighted by Crippen LogP contribution is -2.54. The van der Waals surface area contributed by atoms with Crippen LogP contribution in [0.15, 0.2) is 91.0 Å². The number of para-hydroxylation sites is 1. The summed E-state index contributed by atoms with van der Waals surface area (Å²) >= 11 is 0. The quantitative estimate of drug-likeness (QED) is 0.340. The second-order valence-electron chi connectivity index (χ2n) is 11.1. The monoisotopic (exact) mass is 576 g/mol. The number of aromatic nitrogens is 1. The number of benzene rings is 3. The fourth-order valence-corrected chi connectivity index (χ4v) is 6.10. The Hall–Kier alpha value is -4.69. The first-order valence-electron chi connectivity index (χ1n) is 14.8. The van der Waals surface area contributed by atoms with Crippen LogP contribution in [0, 0.1) is 0 Å². The molecule has 0 unspecified atom stereocenters. The molecule has 4 aromatic rings. The van der Waals surface area contributed by atoms with E-state index in [-0.39, 0.29) is 23.1 Å². The Labute approximate surface area is 252 Å². The Bertz CT molecular complexity index is 1520. The summed E-state index contributed by atoms with van der Waals surface area (Å²) in [4.78, 5) is 38.0. The molecule has 1 N–H and O–H groups in total. The third-order valence-electron chi connectivity index (χ3n) is 8.53. The molecule has 0 radical (unpaired) electrons. The predicted molar refractivity (Wildman–Crippen MR) is 166 cm³/mol. The number of phenols is 1. The van der Waals surface area contributed by atoms with Gasteiger partial charge in [0.2, 0.25) is 0 Å². The minimum atomic E-state index is -0.174. The molecule has 6 rings (SSSR count). The molecule has 2 fully saturated rings. The fourth-order valence-electron chi connectivity index (χ4n) is 6.10. The van der Waals surface area contributed by atoms with E-state index >= 15 is 0 Å². The van der Waals surface area contributed by atoms with Crippen LogP contribution in [0.4, 0.5) is 0 Å². The van der Waals surface area contributed by atoms with Gasteiger partial charge in [-0.3, -0.25) is 14.5 Å². The zero-order valence-electron chi connectivity index (χ0n) is 24.4. The maximum atomic E-state index is 13.8. The number of carbonyl (C=O) groups excluding carboxylic acids is 2. The summed E-state index contributed by atoms with van der Waals surface area (Å²) in [7, 11) is 1.48. The highest BCUT2D eigenvalue weighted by atomic mass is 16.5. The van der Waals surface area contributed by atoms with E-state index in [1.165, 1.54) is 7.11 Å². The Morgan fingerprint density at radius 3 is 1.84 bits per heavy atom. The van der Waals surface area contributed by atoms with E-state index in [4.69, 9.17) is 9.72 Å². The number of carbonyl (C=O) groups is 2. The number of ether oxygens (including phenoxy) is 1. The van der Waals surface area contributed by atoms with Crippen molar-refractivity contribution in [1.29, 1.82) is 0 Å². The number of piperazine rings is 1. The Kier molecular flexibility index (Phi) is 8.38. The van der Waals surface area contributed by atoms with Crippen LogP contribution < -0.4 is 4.74 Å². The Morgan fingerprint density at radius 1 is 0.721 bits per heavy atom. The van der Waals surface area contributed by atoms with Gasteiger partial charge in [0, 0.05) is 62.0 Å². The molecule has 3 aromatic carbocycles. The van der Waals surface area contributed by atoms with E-state index in [2.05, 4.69) is 4.90 Å². The van der Waals surface area contributed by atoms with Crippen molar-refractivity contribution >= 4 is 11.8 Å². The SMILES string of the molecule is COc1cccc(C(=O)N2CCC(N3CCN(C(=O)c4cc(-c5ccccc5)nc(-c5ccccc5)c4)CC3)CC2)c1O. The average molecular weight is 577 g/mol. The van der Waals surface area contributed by atoms with Crippen molar-refractivity contribution in [2.45, 2.75) is 18.9 Å². The predicted octanol–water partition coefficient (Wildman–Crippen LogP) is 5.19. The Morgan fingerprint density at radius 2 is 1.28 bits per heavy atom. The van der Waals surface area contributed by atoms with Crippen molar-refractivity contribution in [3.05, 3.63) is 102 Å². The number of pyridine rings is 1. The molecular formula is C35H36N4O4. The number of aromatic hydroxyl groups is 1. The molecule has 2 aliphatic rings. The summed E-state index contributed by atoms with van der Waals surface area (Å²) in [6, 6.07) is 29.1. The largest absolute Gasteiger partial charge is 0.504 e. The van der Waals surface area contributed by atoms with Gasteiger partial charge in [0.1, 0.15) is 0 Å². The molecule has 8 nitrogen and oxygen atoms in total. The molecule has 3 heterocycles. The lowest BCUT2D eigenvalue weighted by molar-refractivity contribution is 0.0411. The molecule has 0 spiro atoms. The van der Waals surface area contributed by atoms with Gasteiger partial charge in [0.05, 0.1) is 24.1 Å². The topological polar surface area (TPSA) is 86.2 Å². The first-order valence-corrected chi connectivity index (χ1v) is 14.8. The summed E-state index contributed by atoms with van der Waals surface area (Å²) in [6.07, 6.45) is 1.71. The van der Waals surface area contributed by atoms with Crippen LogP contribution in [0.2, 0.25) is 0 Å². The van der Waals surface area contributed by atoms with E-state index in [0.29, 0.717) is 43.5 Å². The summed E-state index contributed by atoms with van der Waals surface area (Å²) in [5.41, 5.74) is 4.44. The highest BCUT2D eigenvalue weighted by Crippen LogP contribution is 2.31. The number of phenolic OH excluding ortho intramolecular Hbond substituents is 1. The van der Waals surface area contributed by atoms with Gasteiger partial charge in [-0.25, -0.2) is 4.98 Å². The van der Waals surface area contributed by atoms with E-state index in [1.807, 2.05) is 82.6 Å². The van der Waals surface area contributed by atoms with Crippen molar-refractivity contribution in [3.63, 3.8) is 0 Å². The van der Waals surface area contributed by atoms with E-state index in [1.54, 1.807) is 18.2 Å². The maximum absolute atomic E-state index is 13.8. The molecule has 8 heteroatoms. The van der Waals surface area contributed by atoms with Crippen LogP contribution in [0.5, 0.6) is 11.5 Å². The molecule has 0 atom stereocenters. The van der Waals surface area contributed by atoms with Crippen LogP contribution in [-0.2, 0) is 0 Å². The molecule has 0 saturated carbocycles. The van der Waals surface area contributed by atoms with Gasteiger partial charge in [-0.05, 0) is 37.1 Å². The van der Waals surface area contributed by atoms with E-state index in [0.717, 1.165) is 48.4 Å². The summed E-state index contributed by atoms with van der Waals surface area (Å²) in [5, 5.41) is 10.4. The molecule has 220 valence electrons. The number of hydrogen-bond acceptors (Lipinski definition) is 6. The smallest absolute Gasteiger partial charge is 0.257 e. The van der Waals surface area contributed by atoms with Crippen molar-refractivity contribution in [2.75, 3.05) is 46.4 Å². The molecule has 1 aromatic heterocycles. The highest BCUT2D eigenvalue weighted by molar-refractivity contribution is 5.98. The fraction of sp³-hybridized carbons (Fsp3) is 0.286. The third-order valence-corrected chi connectivity index (χ3v) is 8.53. The average Bonchev–Trinajstić information content (AvgIpc) is 3.08. The van der Waals surface area contributed by atoms with Gasteiger partial charge in [-0.2, -0.15) is 0 Å². The van der Waals surface area contributed by atoms with E-state index < -0.39 is 0 Å². The number of hydrogen-bond donors (Lipinski definition) is 1. The van der Waals surface area contributed by atoms with Crippen LogP contribution in [0.3, 0.4) is 0 Å². The van der Waals surface area contributed by atoms with Gasteiger partial charge < -0.3 is 19.6 Å². The number of methoxy groups -OCH3 is 1. The zero-order valence-corrected chi connectivity index (χ0v) is 24.4. The lowest BCUT2D eigenvalue weighted by atomic mass is 10.0. The van der Waals surface area contributed by atoms with Crippen LogP contribution in [-0.4, -0.2) is 89.0 Å². The maximum Gasteiger partial charge on any atom is 0.257 e. The van der Waals surface area contributed by atoms with Gasteiger partial charge >= 0.3 is 0 Å². The van der Waals surface area contributed by atoms with Gasteiger partial charge in [0.25, 0.3) is 11.8 Å². The van der Waals surface area contributed by atoms with Crippen molar-refractivity contribution in [1.82, 2.24) is 19.7 Å². The number of amides is 2. The molecule has 2 aliphatic heterocycles. The van der Waals surface area contributed by atoms with Gasteiger partial charge in [0.15, 0.2) is 11.5 Å². The van der Waals surface area contributed by atoms with E-state index in [9.17, 15) is 14.7 Å². The molecular weight excluding hydrogens is 540 g/mol.